The molecule has 0 aliphatic heterocycles. The van der Waals surface area contributed by atoms with Gasteiger partial charge < -0.3 is 4.42 Å². The fourth-order valence-corrected chi connectivity index (χ4v) is 9.64. The number of benzene rings is 7. The SMILES string of the molecule is c1ccc(-c2nc(-c3ccc4c(c3)oc3ccccc34)nc(-c3ccc4c(c3)sc3ccc(-c5cccc6c5sc5ccccc56)cc34)n2)cc1. The average molecular weight is 688 g/mol. The molecule has 0 saturated heterocycles. The van der Waals surface area contributed by atoms with Crippen LogP contribution in [0.4, 0.5) is 0 Å². The van der Waals surface area contributed by atoms with E-state index < -0.39 is 0 Å². The Bertz CT molecular complexity index is 3160. The van der Waals surface area contributed by atoms with Crippen molar-refractivity contribution in [1.82, 2.24) is 15.0 Å². The first-order chi connectivity index (χ1) is 25.2. The molecule has 6 heteroatoms. The summed E-state index contributed by atoms with van der Waals surface area (Å²) < 4.78 is 11.3. The van der Waals surface area contributed by atoms with Gasteiger partial charge in [0.2, 0.25) is 0 Å². The van der Waals surface area contributed by atoms with Crippen LogP contribution < -0.4 is 0 Å². The van der Waals surface area contributed by atoms with E-state index in [2.05, 4.69) is 97.1 Å². The highest BCUT2D eigenvalue weighted by Crippen LogP contribution is 2.43. The first-order valence-corrected chi connectivity index (χ1v) is 18.5. The third-order valence-electron chi connectivity index (χ3n) is 9.75. The molecule has 0 radical (unpaired) electrons. The quantitative estimate of drug-likeness (QED) is 0.185. The van der Waals surface area contributed by atoms with Crippen molar-refractivity contribution in [3.8, 4) is 45.3 Å². The lowest BCUT2D eigenvalue weighted by atomic mass is 10.0. The van der Waals surface area contributed by atoms with Crippen molar-refractivity contribution >= 4 is 85.0 Å². The number of rotatable bonds is 4. The van der Waals surface area contributed by atoms with Crippen molar-refractivity contribution in [3.63, 3.8) is 0 Å². The predicted octanol–water partition coefficient (Wildman–Crippen LogP) is 13.2. The Labute approximate surface area is 299 Å². The van der Waals surface area contributed by atoms with Crippen LogP contribution in [0.15, 0.2) is 156 Å². The molecule has 0 aliphatic rings. The van der Waals surface area contributed by atoms with E-state index in [-0.39, 0.29) is 0 Å². The molecule has 0 atom stereocenters. The van der Waals surface area contributed by atoms with E-state index in [0.717, 1.165) is 38.6 Å². The summed E-state index contributed by atoms with van der Waals surface area (Å²) in [6.07, 6.45) is 0. The Morgan fingerprint density at radius 1 is 0.353 bits per heavy atom. The van der Waals surface area contributed by atoms with Crippen molar-refractivity contribution in [2.24, 2.45) is 0 Å². The molecule has 0 amide bonds. The molecule has 7 aromatic carbocycles. The third-order valence-corrected chi connectivity index (χ3v) is 12.1. The molecule has 0 saturated carbocycles. The highest BCUT2D eigenvalue weighted by molar-refractivity contribution is 7.26. The normalized spacial score (nSPS) is 11.9. The summed E-state index contributed by atoms with van der Waals surface area (Å²) in [6, 6.07) is 53.3. The van der Waals surface area contributed by atoms with E-state index in [9.17, 15) is 0 Å². The van der Waals surface area contributed by atoms with E-state index in [1.807, 2.05) is 65.9 Å². The highest BCUT2D eigenvalue weighted by atomic mass is 32.1. The van der Waals surface area contributed by atoms with E-state index in [0.29, 0.717) is 17.5 Å². The van der Waals surface area contributed by atoms with Gasteiger partial charge in [-0.3, -0.25) is 0 Å². The largest absolute Gasteiger partial charge is 0.456 e. The summed E-state index contributed by atoms with van der Waals surface area (Å²) in [5.74, 6) is 1.88. The van der Waals surface area contributed by atoms with Crippen molar-refractivity contribution in [1.29, 1.82) is 0 Å². The minimum Gasteiger partial charge on any atom is -0.456 e. The lowest BCUT2D eigenvalue weighted by Gasteiger charge is -2.08. The topological polar surface area (TPSA) is 51.8 Å². The van der Waals surface area contributed by atoms with Crippen LogP contribution in [0.2, 0.25) is 0 Å². The molecule has 51 heavy (non-hydrogen) atoms. The number of furan rings is 1. The Morgan fingerprint density at radius 3 is 1.84 bits per heavy atom. The monoisotopic (exact) mass is 687 g/mol. The van der Waals surface area contributed by atoms with Gasteiger partial charge in [0, 0.05) is 67.8 Å². The van der Waals surface area contributed by atoms with Crippen molar-refractivity contribution in [2.45, 2.75) is 0 Å². The lowest BCUT2D eigenvalue weighted by molar-refractivity contribution is 0.669. The van der Waals surface area contributed by atoms with Crippen molar-refractivity contribution in [2.75, 3.05) is 0 Å². The molecule has 0 bridgehead atoms. The third kappa shape index (κ3) is 4.61. The van der Waals surface area contributed by atoms with Crippen LogP contribution in [-0.4, -0.2) is 15.0 Å². The van der Waals surface area contributed by atoms with Crippen LogP contribution in [-0.2, 0) is 0 Å². The summed E-state index contributed by atoms with van der Waals surface area (Å²) >= 11 is 3.68. The minimum atomic E-state index is 0.609. The first-order valence-electron chi connectivity index (χ1n) is 16.8. The van der Waals surface area contributed by atoms with Gasteiger partial charge in [0.25, 0.3) is 0 Å². The maximum Gasteiger partial charge on any atom is 0.164 e. The van der Waals surface area contributed by atoms with Gasteiger partial charge in [-0.25, -0.2) is 15.0 Å². The van der Waals surface area contributed by atoms with Crippen molar-refractivity contribution in [3.05, 3.63) is 152 Å². The molecular formula is C45H25N3OS2. The second kappa shape index (κ2) is 11.2. The maximum atomic E-state index is 6.22. The second-order valence-electron chi connectivity index (χ2n) is 12.8. The fourth-order valence-electron chi connectivity index (χ4n) is 7.27. The number of para-hydroxylation sites is 1. The number of nitrogens with zero attached hydrogens (tertiary/aromatic N) is 3. The molecule has 238 valence electrons. The van der Waals surface area contributed by atoms with Gasteiger partial charge in [0.15, 0.2) is 17.5 Å². The number of fused-ring (bicyclic) bond motifs is 9. The summed E-state index contributed by atoms with van der Waals surface area (Å²) in [5.41, 5.74) is 6.97. The molecule has 0 N–H and O–H groups in total. The summed E-state index contributed by atoms with van der Waals surface area (Å²) in [6.45, 7) is 0. The van der Waals surface area contributed by atoms with Gasteiger partial charge in [0.05, 0.1) is 0 Å². The molecule has 11 aromatic rings. The summed E-state index contributed by atoms with van der Waals surface area (Å²) in [7, 11) is 0. The molecular weight excluding hydrogens is 663 g/mol. The van der Waals surface area contributed by atoms with Crippen LogP contribution >= 0.6 is 22.7 Å². The average Bonchev–Trinajstić information content (AvgIpc) is 3.88. The molecule has 0 aliphatic carbocycles. The number of hydrogen-bond donors (Lipinski definition) is 0. The van der Waals surface area contributed by atoms with E-state index >= 15 is 0 Å². The highest BCUT2D eigenvalue weighted by Gasteiger charge is 2.17. The van der Waals surface area contributed by atoms with Crippen LogP contribution in [0.1, 0.15) is 0 Å². The minimum absolute atomic E-state index is 0.609. The molecule has 0 unspecified atom stereocenters. The smallest absolute Gasteiger partial charge is 0.164 e. The molecule has 0 fully saturated rings. The molecule has 0 spiro atoms. The Morgan fingerprint density at radius 2 is 0.980 bits per heavy atom. The first kappa shape index (κ1) is 28.6. The molecule has 11 rings (SSSR count). The second-order valence-corrected chi connectivity index (χ2v) is 14.9. The zero-order chi connectivity index (χ0) is 33.5. The summed E-state index contributed by atoms with van der Waals surface area (Å²) in [4.78, 5) is 15.1. The Kier molecular flexibility index (Phi) is 6.26. The Hall–Kier alpha value is -6.21. The van der Waals surface area contributed by atoms with Crippen LogP contribution in [0, 0.1) is 0 Å². The summed E-state index contributed by atoms with van der Waals surface area (Å²) in [5, 5.41) is 7.31. The fraction of sp³-hybridized carbons (Fsp3) is 0. The van der Waals surface area contributed by atoms with E-state index in [1.165, 1.54) is 51.5 Å². The zero-order valence-electron chi connectivity index (χ0n) is 27.0. The Balaban J connectivity index is 1.04. The zero-order valence-corrected chi connectivity index (χ0v) is 28.6. The molecule has 4 heterocycles. The number of aromatic nitrogens is 3. The van der Waals surface area contributed by atoms with Crippen LogP contribution in [0.5, 0.6) is 0 Å². The van der Waals surface area contributed by atoms with Gasteiger partial charge >= 0.3 is 0 Å². The van der Waals surface area contributed by atoms with Gasteiger partial charge in [-0.15, -0.1) is 22.7 Å². The van der Waals surface area contributed by atoms with Crippen LogP contribution in [0.3, 0.4) is 0 Å². The van der Waals surface area contributed by atoms with E-state index in [4.69, 9.17) is 19.4 Å². The van der Waals surface area contributed by atoms with Gasteiger partial charge in [-0.05, 0) is 53.6 Å². The number of thiophene rings is 2. The van der Waals surface area contributed by atoms with Gasteiger partial charge in [0.1, 0.15) is 11.2 Å². The maximum absolute atomic E-state index is 6.22. The van der Waals surface area contributed by atoms with Crippen molar-refractivity contribution < 1.29 is 4.42 Å². The number of hydrogen-bond acceptors (Lipinski definition) is 6. The molecule has 4 nitrogen and oxygen atoms in total. The standard InChI is InChI=1S/C45H25N3OS2/c1-2-9-26(10-3-1)43-46-44(28-17-20-32-31-11-4-6-15-37(31)49-38(32)24-28)48-45(47-43)29-18-21-34-36-23-27(19-22-40(36)50-41(34)25-29)30-13-8-14-35-33-12-5-7-16-39(33)51-42(30)35/h1-25H. The predicted molar refractivity (Wildman–Crippen MR) is 215 cm³/mol. The molecule has 4 aromatic heterocycles. The van der Waals surface area contributed by atoms with Crippen LogP contribution in [0.25, 0.3) is 108 Å². The van der Waals surface area contributed by atoms with E-state index in [1.54, 1.807) is 11.3 Å². The van der Waals surface area contributed by atoms with Gasteiger partial charge in [-0.2, -0.15) is 0 Å². The van der Waals surface area contributed by atoms with Gasteiger partial charge in [-0.1, -0.05) is 109 Å². The lowest BCUT2D eigenvalue weighted by Crippen LogP contribution is -2.00.